The Bertz CT molecular complexity index is 172. The molecule has 3 rings (SSSR count). The maximum absolute atomic E-state index is 2.50. The number of rotatable bonds is 0. The summed E-state index contributed by atoms with van der Waals surface area (Å²) in [6.45, 7) is 0. The quantitative estimate of drug-likeness (QED) is 0.463. The van der Waals surface area contributed by atoms with E-state index in [0.717, 1.165) is 23.7 Å². The molecule has 0 radical (unpaired) electrons. The Morgan fingerprint density at radius 3 is 1.91 bits per heavy atom. The van der Waals surface area contributed by atoms with E-state index in [1.807, 2.05) is 0 Å². The summed E-state index contributed by atoms with van der Waals surface area (Å²) in [5, 5.41) is 0. The van der Waals surface area contributed by atoms with E-state index in [4.69, 9.17) is 0 Å². The molecule has 2 saturated carbocycles. The molecule has 0 aromatic carbocycles. The predicted molar refractivity (Wildman–Crippen MR) is 46.2 cm³/mol. The van der Waals surface area contributed by atoms with Crippen molar-refractivity contribution >= 4 is 0 Å². The van der Waals surface area contributed by atoms with E-state index in [0.29, 0.717) is 0 Å². The monoisotopic (exact) mass is 148 g/mol. The lowest BCUT2D eigenvalue weighted by atomic mass is 9.73. The molecule has 3 aliphatic rings. The fourth-order valence-electron chi connectivity index (χ4n) is 3.64. The molecule has 4 atom stereocenters. The van der Waals surface area contributed by atoms with Crippen molar-refractivity contribution in [2.45, 2.75) is 32.1 Å². The van der Waals surface area contributed by atoms with Crippen molar-refractivity contribution in [1.29, 1.82) is 0 Å². The summed E-state index contributed by atoms with van der Waals surface area (Å²) in [4.78, 5) is 0. The summed E-state index contributed by atoms with van der Waals surface area (Å²) in [5.41, 5.74) is 0. The fraction of sp³-hybridized carbons (Fsp3) is 0.818. The lowest BCUT2D eigenvalue weighted by molar-refractivity contribution is 0.221. The molecule has 11 heavy (non-hydrogen) atoms. The van der Waals surface area contributed by atoms with Gasteiger partial charge in [0.05, 0.1) is 0 Å². The molecule has 0 spiro atoms. The predicted octanol–water partition coefficient (Wildman–Crippen LogP) is 3.00. The Morgan fingerprint density at radius 2 is 1.36 bits per heavy atom. The van der Waals surface area contributed by atoms with Gasteiger partial charge in [-0.3, -0.25) is 0 Å². The van der Waals surface area contributed by atoms with E-state index >= 15 is 0 Å². The first-order chi connectivity index (χ1) is 5.45. The molecule has 0 amide bonds. The molecule has 0 nitrogen and oxygen atoms in total. The van der Waals surface area contributed by atoms with Gasteiger partial charge in [-0.15, -0.1) is 0 Å². The molecular weight excluding hydrogens is 132 g/mol. The van der Waals surface area contributed by atoms with Gasteiger partial charge in [-0.1, -0.05) is 25.0 Å². The van der Waals surface area contributed by atoms with E-state index in [1.165, 1.54) is 32.1 Å². The Morgan fingerprint density at radius 1 is 0.818 bits per heavy atom. The van der Waals surface area contributed by atoms with Crippen molar-refractivity contribution in [1.82, 2.24) is 0 Å². The van der Waals surface area contributed by atoms with Crippen LogP contribution < -0.4 is 0 Å². The molecule has 0 aromatic heterocycles. The largest absolute Gasteiger partial charge is 0.0848 e. The standard InChI is InChI=1S/C11H16/c1-2-4-11-9-6-5-8(7-9)10(11)3-1/h5-6,8-11H,1-4,7H2/t8?,9?,10-,11+. The summed E-state index contributed by atoms with van der Waals surface area (Å²) in [5.74, 6) is 4.23. The van der Waals surface area contributed by atoms with E-state index < -0.39 is 0 Å². The van der Waals surface area contributed by atoms with E-state index in [9.17, 15) is 0 Å². The summed E-state index contributed by atoms with van der Waals surface area (Å²) in [6, 6.07) is 0. The van der Waals surface area contributed by atoms with Crippen LogP contribution >= 0.6 is 0 Å². The van der Waals surface area contributed by atoms with Gasteiger partial charge >= 0.3 is 0 Å². The molecule has 0 heteroatoms. The molecule has 60 valence electrons. The highest BCUT2D eigenvalue weighted by Crippen LogP contribution is 2.53. The van der Waals surface area contributed by atoms with Crippen LogP contribution in [0.15, 0.2) is 12.2 Å². The van der Waals surface area contributed by atoms with Crippen molar-refractivity contribution in [2.75, 3.05) is 0 Å². The summed E-state index contributed by atoms with van der Waals surface area (Å²) in [7, 11) is 0. The normalized spacial score (nSPS) is 53.1. The SMILES string of the molecule is C1=CC2CC1[C@H]1CCCC[C@@H]21. The van der Waals surface area contributed by atoms with Crippen LogP contribution in [-0.4, -0.2) is 0 Å². The van der Waals surface area contributed by atoms with E-state index in [1.54, 1.807) is 0 Å². The van der Waals surface area contributed by atoms with Crippen molar-refractivity contribution in [2.24, 2.45) is 23.7 Å². The van der Waals surface area contributed by atoms with Gasteiger partial charge < -0.3 is 0 Å². The van der Waals surface area contributed by atoms with Crippen molar-refractivity contribution in [3.8, 4) is 0 Å². The van der Waals surface area contributed by atoms with Crippen LogP contribution in [0.3, 0.4) is 0 Å². The highest BCUT2D eigenvalue weighted by atomic mass is 14.5. The fourth-order valence-corrected chi connectivity index (χ4v) is 3.64. The minimum absolute atomic E-state index is 1.00. The van der Waals surface area contributed by atoms with Gasteiger partial charge in [0.1, 0.15) is 0 Å². The topological polar surface area (TPSA) is 0 Å². The zero-order valence-corrected chi connectivity index (χ0v) is 7.00. The average Bonchev–Trinajstić information content (AvgIpc) is 2.64. The number of hydrogen-bond acceptors (Lipinski definition) is 0. The lowest BCUT2D eigenvalue weighted by Crippen LogP contribution is -2.22. The lowest BCUT2D eigenvalue weighted by Gasteiger charge is -2.32. The van der Waals surface area contributed by atoms with Gasteiger partial charge in [-0.25, -0.2) is 0 Å². The smallest absolute Gasteiger partial charge is 0.0196 e. The van der Waals surface area contributed by atoms with Gasteiger partial charge in [0, 0.05) is 0 Å². The molecule has 0 N–H and O–H groups in total. The Kier molecular flexibility index (Phi) is 1.21. The maximum Gasteiger partial charge on any atom is -0.0196 e. The van der Waals surface area contributed by atoms with E-state index in [2.05, 4.69) is 12.2 Å². The number of allylic oxidation sites excluding steroid dienone is 2. The molecule has 3 aliphatic carbocycles. The third-order valence-electron chi connectivity index (χ3n) is 4.12. The van der Waals surface area contributed by atoms with Gasteiger partial charge in [0.2, 0.25) is 0 Å². The van der Waals surface area contributed by atoms with Crippen molar-refractivity contribution < 1.29 is 0 Å². The van der Waals surface area contributed by atoms with Crippen molar-refractivity contribution in [3.05, 3.63) is 12.2 Å². The highest BCUT2D eigenvalue weighted by Gasteiger charge is 2.44. The zero-order valence-electron chi connectivity index (χ0n) is 7.00. The summed E-state index contributed by atoms with van der Waals surface area (Å²) in [6.07, 6.45) is 12.6. The van der Waals surface area contributed by atoms with Gasteiger partial charge in [-0.2, -0.15) is 0 Å². The van der Waals surface area contributed by atoms with Crippen LogP contribution in [0, 0.1) is 23.7 Å². The van der Waals surface area contributed by atoms with Crippen LogP contribution in [-0.2, 0) is 0 Å². The van der Waals surface area contributed by atoms with Crippen LogP contribution in [0.5, 0.6) is 0 Å². The first-order valence-electron chi connectivity index (χ1n) is 5.13. The molecule has 0 aliphatic heterocycles. The zero-order chi connectivity index (χ0) is 7.26. The van der Waals surface area contributed by atoms with Crippen LogP contribution in [0.25, 0.3) is 0 Å². The van der Waals surface area contributed by atoms with Gasteiger partial charge in [-0.05, 0) is 42.9 Å². The van der Waals surface area contributed by atoms with Gasteiger partial charge in [0.15, 0.2) is 0 Å². The molecule has 2 unspecified atom stereocenters. The van der Waals surface area contributed by atoms with Crippen molar-refractivity contribution in [3.63, 3.8) is 0 Å². The van der Waals surface area contributed by atoms with Crippen LogP contribution in [0.2, 0.25) is 0 Å². The Hall–Kier alpha value is -0.260. The second-order valence-electron chi connectivity index (χ2n) is 4.56. The average molecular weight is 148 g/mol. The molecule has 2 bridgehead atoms. The Balaban J connectivity index is 1.90. The summed E-state index contributed by atoms with van der Waals surface area (Å²) < 4.78 is 0. The minimum atomic E-state index is 1.00. The third-order valence-corrected chi connectivity index (χ3v) is 4.12. The van der Waals surface area contributed by atoms with Gasteiger partial charge in [0.25, 0.3) is 0 Å². The molecule has 2 fully saturated rings. The van der Waals surface area contributed by atoms with E-state index in [-0.39, 0.29) is 0 Å². The minimum Gasteiger partial charge on any atom is -0.0848 e. The molecular formula is C11H16. The van der Waals surface area contributed by atoms with Crippen LogP contribution in [0.1, 0.15) is 32.1 Å². The highest BCUT2D eigenvalue weighted by molar-refractivity contribution is 5.13. The summed E-state index contributed by atoms with van der Waals surface area (Å²) >= 11 is 0. The third kappa shape index (κ3) is 0.758. The molecule has 0 aromatic rings. The second-order valence-corrected chi connectivity index (χ2v) is 4.56. The number of fused-ring (bicyclic) bond motifs is 5. The van der Waals surface area contributed by atoms with Crippen LogP contribution in [0.4, 0.5) is 0 Å². The Labute approximate surface area is 68.7 Å². The molecule has 0 heterocycles. The number of hydrogen-bond donors (Lipinski definition) is 0. The first kappa shape index (κ1) is 6.28. The second kappa shape index (κ2) is 2.12. The molecule has 0 saturated heterocycles. The first-order valence-corrected chi connectivity index (χ1v) is 5.13. The maximum atomic E-state index is 2.50.